The lowest BCUT2D eigenvalue weighted by Crippen LogP contribution is -2.31. The van der Waals surface area contributed by atoms with E-state index in [0.29, 0.717) is 42.2 Å². The maximum Gasteiger partial charge on any atom is 0.299 e. The third-order valence-corrected chi connectivity index (χ3v) is 5.93. The van der Waals surface area contributed by atoms with E-state index in [4.69, 9.17) is 4.74 Å². The van der Waals surface area contributed by atoms with Crippen molar-refractivity contribution in [3.05, 3.63) is 115 Å². The van der Waals surface area contributed by atoms with E-state index in [1.165, 1.54) is 17.0 Å². The lowest BCUT2D eigenvalue weighted by molar-refractivity contribution is -0.114. The number of anilines is 1. The van der Waals surface area contributed by atoms with Gasteiger partial charge in [0.05, 0.1) is 17.4 Å². The Morgan fingerprint density at radius 3 is 2.59 bits per heavy atom. The van der Waals surface area contributed by atoms with Gasteiger partial charge in [-0.2, -0.15) is 0 Å². The highest BCUT2D eigenvalue weighted by atomic mass is 19.1. The highest BCUT2D eigenvalue weighted by Gasteiger charge is 2.35. The Kier molecular flexibility index (Phi) is 7.20. The molecule has 0 saturated heterocycles. The number of fused-ring (bicyclic) bond motifs is 1. The van der Waals surface area contributed by atoms with Gasteiger partial charge in [-0.25, -0.2) is 4.39 Å². The number of benzene rings is 2. The van der Waals surface area contributed by atoms with Crippen molar-refractivity contribution in [3.8, 4) is 5.75 Å². The van der Waals surface area contributed by atoms with Crippen LogP contribution in [-0.2, 0) is 17.9 Å². The van der Waals surface area contributed by atoms with E-state index in [9.17, 15) is 18.8 Å². The van der Waals surface area contributed by atoms with Crippen LogP contribution in [0.25, 0.3) is 0 Å². The first-order valence-corrected chi connectivity index (χ1v) is 11.7. The van der Waals surface area contributed by atoms with Crippen molar-refractivity contribution in [3.63, 3.8) is 0 Å². The van der Waals surface area contributed by atoms with E-state index in [0.717, 1.165) is 12.0 Å². The molecule has 1 aliphatic heterocycles. The van der Waals surface area contributed by atoms with Gasteiger partial charge < -0.3 is 9.64 Å². The third kappa shape index (κ3) is 5.66. The minimum absolute atomic E-state index is 0.0914. The summed E-state index contributed by atoms with van der Waals surface area (Å²) in [5.74, 6) is -0.418. The summed E-state index contributed by atoms with van der Waals surface area (Å²) in [6, 6.07) is 10.6. The Bertz CT molecular complexity index is 1340. The van der Waals surface area contributed by atoms with Crippen LogP contribution in [0.4, 0.5) is 10.1 Å². The lowest BCUT2D eigenvalue weighted by atomic mass is 10.1. The van der Waals surface area contributed by atoms with E-state index < -0.39 is 17.5 Å². The molecule has 5 rings (SSSR count). The predicted octanol–water partition coefficient (Wildman–Crippen LogP) is 3.76. The van der Waals surface area contributed by atoms with Crippen LogP contribution in [0.2, 0.25) is 0 Å². The number of ketones is 2. The van der Waals surface area contributed by atoms with Gasteiger partial charge in [0.15, 0.2) is 5.78 Å². The molecule has 0 unspecified atom stereocenters. The number of hydrogen-bond donors (Lipinski definition) is 0. The molecular formula is C28H22FN4O4. The number of carbonyl (C=O) groups is 3. The van der Waals surface area contributed by atoms with Crippen LogP contribution in [0.15, 0.2) is 60.8 Å². The summed E-state index contributed by atoms with van der Waals surface area (Å²) < 4.78 is 20.8. The number of aromatic nitrogens is 3. The monoisotopic (exact) mass is 497 g/mol. The summed E-state index contributed by atoms with van der Waals surface area (Å²) in [4.78, 5) is 38.0. The summed E-state index contributed by atoms with van der Waals surface area (Å²) in [6.45, 7) is 0.959. The summed E-state index contributed by atoms with van der Waals surface area (Å²) in [5, 5.41) is 8.17. The summed E-state index contributed by atoms with van der Waals surface area (Å²) in [6.07, 6.45) is 13.3. The number of carbonyl (C=O) groups excluding carboxylic acids is 3. The average Bonchev–Trinajstić information content (AvgIpc) is 3.64. The first-order chi connectivity index (χ1) is 18.0. The SMILES string of the molecule is O=C(/C=C/[C]1[CH][CH][CH][CH]1)c1ccc(OCc2cn(CCCN3C(=O)C(=O)c4cc(F)ccc43)nn2)cc1. The molecule has 2 aliphatic rings. The fourth-order valence-corrected chi connectivity index (χ4v) is 4.04. The molecule has 0 N–H and O–H groups in total. The number of hydrogen-bond acceptors (Lipinski definition) is 6. The van der Waals surface area contributed by atoms with Crippen molar-refractivity contribution in [2.24, 2.45) is 0 Å². The Morgan fingerprint density at radius 2 is 1.81 bits per heavy atom. The molecule has 0 spiro atoms. The first kappa shape index (κ1) is 24.5. The van der Waals surface area contributed by atoms with Gasteiger partial charge in [0.1, 0.15) is 23.9 Å². The molecule has 2 aromatic carbocycles. The highest BCUT2D eigenvalue weighted by molar-refractivity contribution is 6.52. The molecule has 1 amide bonds. The number of amides is 1. The van der Waals surface area contributed by atoms with Crippen molar-refractivity contribution in [1.82, 2.24) is 15.0 Å². The second-order valence-electron chi connectivity index (χ2n) is 8.50. The summed E-state index contributed by atoms with van der Waals surface area (Å²) >= 11 is 0. The topological polar surface area (TPSA) is 94.4 Å². The predicted molar refractivity (Wildman–Crippen MR) is 132 cm³/mol. The minimum atomic E-state index is -0.693. The fourth-order valence-electron chi connectivity index (χ4n) is 4.04. The quantitative estimate of drug-likeness (QED) is 0.241. The molecular weight excluding hydrogens is 475 g/mol. The van der Waals surface area contributed by atoms with Crippen molar-refractivity contribution in [2.45, 2.75) is 19.6 Å². The molecule has 2 heterocycles. The van der Waals surface area contributed by atoms with Gasteiger partial charge in [0.25, 0.3) is 11.7 Å². The lowest BCUT2D eigenvalue weighted by Gasteiger charge is -2.16. The van der Waals surface area contributed by atoms with Crippen LogP contribution in [0.3, 0.4) is 0 Å². The number of aryl methyl sites for hydroxylation is 1. The van der Waals surface area contributed by atoms with Gasteiger partial charge in [-0.1, -0.05) is 11.3 Å². The Balaban J connectivity index is 1.09. The van der Waals surface area contributed by atoms with Crippen molar-refractivity contribution in [2.75, 3.05) is 11.4 Å². The zero-order valence-electron chi connectivity index (χ0n) is 19.7. The number of halogens is 1. The maximum atomic E-state index is 13.4. The van der Waals surface area contributed by atoms with Gasteiger partial charge >= 0.3 is 0 Å². The second-order valence-corrected chi connectivity index (χ2v) is 8.50. The smallest absolute Gasteiger partial charge is 0.299 e. The highest BCUT2D eigenvalue weighted by Crippen LogP contribution is 2.29. The van der Waals surface area contributed by atoms with Crippen LogP contribution >= 0.6 is 0 Å². The zero-order chi connectivity index (χ0) is 25.8. The molecule has 0 bridgehead atoms. The molecule has 37 heavy (non-hydrogen) atoms. The molecule has 8 nitrogen and oxygen atoms in total. The standard InChI is InChI=1S/C28H22FN4O4/c29-21-9-12-25-24(16-21)27(35)28(36)33(25)15-3-14-32-17-22(30-31-32)18-37-23-10-7-20(8-11-23)26(34)13-6-19-4-1-2-5-19/h1-2,4-13,16-17H,3,14-15,18H2/b13-6+. The Morgan fingerprint density at radius 1 is 1.03 bits per heavy atom. The molecule has 9 heteroatoms. The van der Waals surface area contributed by atoms with E-state index in [2.05, 4.69) is 10.3 Å². The van der Waals surface area contributed by atoms with Crippen molar-refractivity contribution < 1.29 is 23.5 Å². The van der Waals surface area contributed by atoms with E-state index >= 15 is 0 Å². The van der Waals surface area contributed by atoms with Gasteiger partial charge in [0, 0.05) is 24.6 Å². The molecule has 0 atom stereocenters. The average molecular weight is 498 g/mol. The summed E-state index contributed by atoms with van der Waals surface area (Å²) in [7, 11) is 0. The number of rotatable bonds is 10. The minimum Gasteiger partial charge on any atom is -0.487 e. The van der Waals surface area contributed by atoms with Gasteiger partial charge in [-0.3, -0.25) is 19.1 Å². The van der Waals surface area contributed by atoms with E-state index in [1.54, 1.807) is 47.3 Å². The van der Waals surface area contributed by atoms with Crippen LogP contribution in [0.5, 0.6) is 5.75 Å². The van der Waals surface area contributed by atoms with Crippen LogP contribution < -0.4 is 9.64 Å². The Hall–Kier alpha value is -4.14. The van der Waals surface area contributed by atoms with Gasteiger partial charge in [0.2, 0.25) is 0 Å². The fraction of sp³-hybridized carbons (Fsp3) is 0.143. The van der Waals surface area contributed by atoms with E-state index in [1.807, 2.05) is 25.7 Å². The van der Waals surface area contributed by atoms with Crippen molar-refractivity contribution >= 4 is 23.2 Å². The first-order valence-electron chi connectivity index (χ1n) is 11.7. The number of ether oxygens (including phenoxy) is 1. The molecule has 185 valence electrons. The molecule has 1 aliphatic carbocycles. The second kappa shape index (κ2) is 10.9. The zero-order valence-corrected chi connectivity index (χ0v) is 19.7. The molecule has 1 aromatic heterocycles. The molecule has 3 aromatic rings. The van der Waals surface area contributed by atoms with E-state index in [-0.39, 0.29) is 18.0 Å². The van der Waals surface area contributed by atoms with Gasteiger partial charge in [-0.15, -0.1) is 5.10 Å². The normalized spacial score (nSPS) is 15.6. The Labute approximate surface area is 213 Å². The maximum absolute atomic E-state index is 13.4. The largest absolute Gasteiger partial charge is 0.487 e. The van der Waals surface area contributed by atoms with Crippen LogP contribution in [0.1, 0.15) is 32.8 Å². The molecule has 1 saturated carbocycles. The van der Waals surface area contributed by atoms with Crippen LogP contribution in [0, 0.1) is 37.4 Å². The number of allylic oxidation sites excluding steroid dienone is 2. The molecule has 5 radical (unpaired) electrons. The van der Waals surface area contributed by atoms with Gasteiger partial charge in [-0.05, 0) is 80.6 Å². The summed E-state index contributed by atoms with van der Waals surface area (Å²) in [5.41, 5.74) is 1.70. The van der Waals surface area contributed by atoms with Crippen LogP contribution in [-0.4, -0.2) is 39.0 Å². The molecule has 1 fully saturated rings. The number of Topliss-reactive ketones (excluding diaryl/α,β-unsaturated/α-hetero) is 1. The van der Waals surface area contributed by atoms with Crippen molar-refractivity contribution in [1.29, 1.82) is 0 Å². The third-order valence-electron chi connectivity index (χ3n) is 5.93. The number of nitrogens with zero attached hydrogens (tertiary/aromatic N) is 4.